The minimum Gasteiger partial charge on any atom is -0.468 e. The lowest BCUT2D eigenvalue weighted by Gasteiger charge is -2.40. The molecule has 4 heteroatoms. The molecule has 0 bridgehead atoms. The average molecular weight is 263 g/mol. The first-order valence-corrected chi connectivity index (χ1v) is 7.60. The van der Waals surface area contributed by atoms with Crippen LogP contribution in [0.5, 0.6) is 0 Å². The van der Waals surface area contributed by atoms with Crippen molar-refractivity contribution in [2.45, 2.75) is 37.8 Å². The van der Waals surface area contributed by atoms with Crippen LogP contribution in [0.25, 0.3) is 0 Å². The molecule has 2 heterocycles. The Bertz CT molecular complexity index is 365. The second-order valence-electron chi connectivity index (χ2n) is 5.78. The number of nitrogens with two attached hydrogens (primary N) is 1. The predicted molar refractivity (Wildman–Crippen MR) is 75.9 cm³/mol. The van der Waals surface area contributed by atoms with Crippen molar-refractivity contribution in [1.82, 2.24) is 9.80 Å². The molecule has 2 N–H and O–H groups in total. The highest BCUT2D eigenvalue weighted by molar-refractivity contribution is 5.06. The van der Waals surface area contributed by atoms with Gasteiger partial charge in [0, 0.05) is 38.8 Å². The van der Waals surface area contributed by atoms with Crippen molar-refractivity contribution in [1.29, 1.82) is 0 Å². The van der Waals surface area contributed by atoms with Crippen LogP contribution in [0.15, 0.2) is 22.8 Å². The third-order valence-electron chi connectivity index (χ3n) is 4.73. The standard InChI is InChI=1S/C15H25N3O/c16-12-14(15-6-3-11-19-15)18-9-7-17(8-10-18)13-4-1-2-5-13/h3,6,11,13-14H,1-2,4-5,7-10,12,16H2. The second-order valence-corrected chi connectivity index (χ2v) is 5.78. The van der Waals surface area contributed by atoms with E-state index >= 15 is 0 Å². The number of hydrogen-bond acceptors (Lipinski definition) is 4. The summed E-state index contributed by atoms with van der Waals surface area (Å²) in [5.41, 5.74) is 5.94. The van der Waals surface area contributed by atoms with Gasteiger partial charge in [-0.25, -0.2) is 0 Å². The quantitative estimate of drug-likeness (QED) is 0.900. The molecule has 0 aromatic carbocycles. The number of rotatable bonds is 4. The van der Waals surface area contributed by atoms with Crippen molar-refractivity contribution in [2.24, 2.45) is 5.73 Å². The molecule has 1 aromatic heterocycles. The fourth-order valence-electron chi connectivity index (χ4n) is 3.61. The largest absolute Gasteiger partial charge is 0.468 e. The van der Waals surface area contributed by atoms with Gasteiger partial charge < -0.3 is 10.2 Å². The zero-order chi connectivity index (χ0) is 13.1. The Hall–Kier alpha value is -0.840. The Morgan fingerprint density at radius 2 is 1.95 bits per heavy atom. The van der Waals surface area contributed by atoms with E-state index in [9.17, 15) is 0 Å². The van der Waals surface area contributed by atoms with E-state index in [1.54, 1.807) is 6.26 Å². The van der Waals surface area contributed by atoms with Crippen LogP contribution < -0.4 is 5.73 Å². The van der Waals surface area contributed by atoms with E-state index in [2.05, 4.69) is 9.80 Å². The third kappa shape index (κ3) is 2.86. The summed E-state index contributed by atoms with van der Waals surface area (Å²) in [6, 6.07) is 5.09. The summed E-state index contributed by atoms with van der Waals surface area (Å²) in [6.45, 7) is 5.22. The molecule has 1 aromatic rings. The van der Waals surface area contributed by atoms with Gasteiger partial charge in [0.15, 0.2) is 0 Å². The first-order chi connectivity index (χ1) is 9.38. The molecule has 19 heavy (non-hydrogen) atoms. The normalized spacial score (nSPS) is 24.9. The van der Waals surface area contributed by atoms with Gasteiger partial charge >= 0.3 is 0 Å². The fraction of sp³-hybridized carbons (Fsp3) is 0.733. The van der Waals surface area contributed by atoms with E-state index in [1.165, 1.54) is 38.8 Å². The molecule has 1 saturated carbocycles. The molecule has 1 aliphatic carbocycles. The summed E-state index contributed by atoms with van der Waals surface area (Å²) < 4.78 is 5.53. The van der Waals surface area contributed by atoms with Gasteiger partial charge in [-0.3, -0.25) is 9.80 Å². The maximum absolute atomic E-state index is 5.94. The molecule has 1 unspecified atom stereocenters. The molecule has 1 aliphatic heterocycles. The molecule has 2 aliphatic rings. The van der Waals surface area contributed by atoms with E-state index in [1.807, 2.05) is 12.1 Å². The van der Waals surface area contributed by atoms with Crippen molar-refractivity contribution in [2.75, 3.05) is 32.7 Å². The Kier molecular flexibility index (Phi) is 4.21. The first kappa shape index (κ1) is 13.2. The van der Waals surface area contributed by atoms with Gasteiger partial charge in [-0.1, -0.05) is 12.8 Å². The zero-order valence-corrected chi connectivity index (χ0v) is 11.6. The minimum atomic E-state index is 0.251. The van der Waals surface area contributed by atoms with E-state index in [0.717, 1.165) is 24.9 Å². The lowest BCUT2D eigenvalue weighted by atomic mass is 10.1. The van der Waals surface area contributed by atoms with Crippen LogP contribution in [-0.2, 0) is 0 Å². The van der Waals surface area contributed by atoms with E-state index in [-0.39, 0.29) is 6.04 Å². The van der Waals surface area contributed by atoms with Gasteiger partial charge in [0.2, 0.25) is 0 Å². The van der Waals surface area contributed by atoms with Crippen LogP contribution in [0.1, 0.15) is 37.5 Å². The van der Waals surface area contributed by atoms with Crippen molar-refractivity contribution in [3.8, 4) is 0 Å². The van der Waals surface area contributed by atoms with Crippen LogP contribution in [0.2, 0.25) is 0 Å². The molecule has 0 radical (unpaired) electrons. The summed E-state index contributed by atoms with van der Waals surface area (Å²) in [7, 11) is 0. The predicted octanol–water partition coefficient (Wildman–Crippen LogP) is 1.84. The van der Waals surface area contributed by atoms with Crippen molar-refractivity contribution in [3.63, 3.8) is 0 Å². The molecule has 0 spiro atoms. The van der Waals surface area contributed by atoms with Crippen molar-refractivity contribution >= 4 is 0 Å². The molecule has 3 rings (SSSR count). The third-order valence-corrected chi connectivity index (χ3v) is 4.73. The molecule has 1 saturated heterocycles. The van der Waals surface area contributed by atoms with Gasteiger partial charge in [-0.05, 0) is 25.0 Å². The first-order valence-electron chi connectivity index (χ1n) is 7.60. The van der Waals surface area contributed by atoms with Crippen molar-refractivity contribution < 1.29 is 4.42 Å². The molecule has 4 nitrogen and oxygen atoms in total. The van der Waals surface area contributed by atoms with Crippen LogP contribution in [0.4, 0.5) is 0 Å². The smallest absolute Gasteiger partial charge is 0.122 e. The van der Waals surface area contributed by atoms with Crippen LogP contribution in [0, 0.1) is 0 Å². The Balaban J connectivity index is 1.56. The van der Waals surface area contributed by atoms with Gasteiger partial charge in [0.25, 0.3) is 0 Å². The molecular weight excluding hydrogens is 238 g/mol. The summed E-state index contributed by atoms with van der Waals surface area (Å²) >= 11 is 0. The highest BCUT2D eigenvalue weighted by atomic mass is 16.3. The number of furan rings is 1. The summed E-state index contributed by atoms with van der Waals surface area (Å²) in [5, 5.41) is 0. The van der Waals surface area contributed by atoms with Crippen LogP contribution in [-0.4, -0.2) is 48.6 Å². The van der Waals surface area contributed by atoms with Crippen LogP contribution >= 0.6 is 0 Å². The maximum Gasteiger partial charge on any atom is 0.122 e. The number of hydrogen-bond donors (Lipinski definition) is 1. The molecular formula is C15H25N3O. The summed E-state index contributed by atoms with van der Waals surface area (Å²) in [6.07, 6.45) is 7.38. The summed E-state index contributed by atoms with van der Waals surface area (Å²) in [4.78, 5) is 5.16. The van der Waals surface area contributed by atoms with Crippen LogP contribution in [0.3, 0.4) is 0 Å². The topological polar surface area (TPSA) is 45.6 Å². The molecule has 1 atom stereocenters. The zero-order valence-electron chi connectivity index (χ0n) is 11.6. The van der Waals surface area contributed by atoms with E-state index in [4.69, 9.17) is 10.2 Å². The highest BCUT2D eigenvalue weighted by Gasteiger charge is 2.29. The fourth-order valence-corrected chi connectivity index (χ4v) is 3.61. The molecule has 2 fully saturated rings. The molecule has 0 amide bonds. The maximum atomic E-state index is 5.94. The molecule has 106 valence electrons. The van der Waals surface area contributed by atoms with E-state index in [0.29, 0.717) is 6.54 Å². The summed E-state index contributed by atoms with van der Waals surface area (Å²) in [5.74, 6) is 1.01. The van der Waals surface area contributed by atoms with Gasteiger partial charge in [-0.2, -0.15) is 0 Å². The Morgan fingerprint density at radius 1 is 1.21 bits per heavy atom. The monoisotopic (exact) mass is 263 g/mol. The minimum absolute atomic E-state index is 0.251. The SMILES string of the molecule is NCC(c1ccco1)N1CCN(C2CCCC2)CC1. The number of piperazine rings is 1. The van der Waals surface area contributed by atoms with Gasteiger partial charge in [0.05, 0.1) is 12.3 Å². The lowest BCUT2D eigenvalue weighted by molar-refractivity contribution is 0.0657. The lowest BCUT2D eigenvalue weighted by Crippen LogP contribution is -2.51. The second kappa shape index (κ2) is 6.07. The Labute approximate surface area is 115 Å². The highest BCUT2D eigenvalue weighted by Crippen LogP contribution is 2.27. The van der Waals surface area contributed by atoms with Gasteiger partial charge in [-0.15, -0.1) is 0 Å². The van der Waals surface area contributed by atoms with E-state index < -0.39 is 0 Å². The average Bonchev–Trinajstić information content (AvgIpc) is 3.14. The van der Waals surface area contributed by atoms with Crippen molar-refractivity contribution in [3.05, 3.63) is 24.2 Å². The van der Waals surface area contributed by atoms with Gasteiger partial charge in [0.1, 0.15) is 5.76 Å². The Morgan fingerprint density at radius 3 is 2.53 bits per heavy atom. The number of nitrogens with zero attached hydrogens (tertiary/aromatic N) is 2.